The molecule has 2 saturated heterocycles. The van der Waals surface area contributed by atoms with Crippen molar-refractivity contribution in [3.8, 4) is 0 Å². The molecular formula is C36H46N2O5S. The lowest BCUT2D eigenvalue weighted by Gasteiger charge is -2.55. The number of nitrogens with zero attached hydrogens (tertiary/aromatic N) is 1. The lowest BCUT2D eigenvalue weighted by Crippen LogP contribution is -2.68. The second-order valence-electron chi connectivity index (χ2n) is 12.9. The Balaban J connectivity index is 1.25. The van der Waals surface area contributed by atoms with Crippen molar-refractivity contribution in [1.29, 1.82) is 0 Å². The van der Waals surface area contributed by atoms with Crippen LogP contribution >= 0.6 is 11.3 Å². The van der Waals surface area contributed by atoms with E-state index in [2.05, 4.69) is 70.9 Å². The zero-order valence-electron chi connectivity index (χ0n) is 26.3. The van der Waals surface area contributed by atoms with Gasteiger partial charge in [0.25, 0.3) is 0 Å². The maximum absolute atomic E-state index is 13.2. The third kappa shape index (κ3) is 5.73. The van der Waals surface area contributed by atoms with Gasteiger partial charge in [-0.25, -0.2) is 0 Å². The van der Waals surface area contributed by atoms with Crippen LogP contribution < -0.4 is 5.32 Å². The van der Waals surface area contributed by atoms with Gasteiger partial charge in [0.15, 0.2) is 0 Å². The molecule has 0 amide bonds. The van der Waals surface area contributed by atoms with Crippen LogP contribution in [-0.4, -0.2) is 72.0 Å². The van der Waals surface area contributed by atoms with Crippen molar-refractivity contribution >= 4 is 23.3 Å². The Labute approximate surface area is 265 Å². The van der Waals surface area contributed by atoms with Crippen molar-refractivity contribution in [2.75, 3.05) is 32.8 Å². The molecule has 2 aromatic carbocycles. The summed E-state index contributed by atoms with van der Waals surface area (Å²) in [6.07, 6.45) is 2.25. The molecule has 0 spiro atoms. The predicted octanol–water partition coefficient (Wildman–Crippen LogP) is 6.17. The number of likely N-dealkylation sites (tertiary alicyclic amines) is 1. The highest BCUT2D eigenvalue weighted by atomic mass is 32.1. The minimum Gasteiger partial charge on any atom is -0.481 e. The second-order valence-corrected chi connectivity index (χ2v) is 14.3. The number of carboxylic acid groups (broad SMARTS) is 2. The summed E-state index contributed by atoms with van der Waals surface area (Å²) in [7, 11) is 0. The van der Waals surface area contributed by atoms with Gasteiger partial charge in [0.05, 0.1) is 17.4 Å². The molecule has 5 unspecified atom stereocenters. The Hall–Kier alpha value is -3.04. The topological polar surface area (TPSA) is 99.1 Å². The quantitative estimate of drug-likeness (QED) is 0.221. The second kappa shape index (κ2) is 13.1. The Bertz CT molecular complexity index is 1380. The van der Waals surface area contributed by atoms with Crippen molar-refractivity contribution in [2.24, 2.45) is 10.8 Å². The molecule has 2 aliphatic heterocycles. The fourth-order valence-corrected chi connectivity index (χ4v) is 9.15. The average Bonchev–Trinajstić information content (AvgIpc) is 3.45. The average molecular weight is 619 g/mol. The van der Waals surface area contributed by atoms with Gasteiger partial charge in [-0.05, 0) is 83.3 Å². The van der Waals surface area contributed by atoms with E-state index < -0.39 is 40.8 Å². The first-order valence-electron chi connectivity index (χ1n) is 15.8. The minimum absolute atomic E-state index is 0.0129. The first-order valence-corrected chi connectivity index (χ1v) is 16.6. The smallest absolute Gasteiger partial charge is 0.312 e. The van der Waals surface area contributed by atoms with Crippen LogP contribution in [0.15, 0.2) is 72.8 Å². The van der Waals surface area contributed by atoms with E-state index in [4.69, 9.17) is 4.74 Å². The van der Waals surface area contributed by atoms with Gasteiger partial charge >= 0.3 is 11.9 Å². The molecule has 3 heterocycles. The molecule has 7 nitrogen and oxygen atoms in total. The Morgan fingerprint density at radius 1 is 0.886 bits per heavy atom. The van der Waals surface area contributed by atoms with Crippen LogP contribution in [0.2, 0.25) is 0 Å². The number of hydrogen-bond donors (Lipinski definition) is 3. The van der Waals surface area contributed by atoms with E-state index in [1.165, 1.54) is 22.5 Å². The van der Waals surface area contributed by atoms with Crippen molar-refractivity contribution < 1.29 is 24.5 Å². The Morgan fingerprint density at radius 3 is 1.98 bits per heavy atom. The number of thiophene rings is 1. The summed E-state index contributed by atoms with van der Waals surface area (Å²) < 4.78 is 6.15. The maximum atomic E-state index is 13.2. The number of carbonyl (C=O) groups is 2. The molecule has 1 aromatic heterocycles. The van der Waals surface area contributed by atoms with Crippen LogP contribution in [0, 0.1) is 17.8 Å². The third-order valence-corrected chi connectivity index (χ3v) is 11.8. The fourth-order valence-electron chi connectivity index (χ4n) is 7.93. The molecular weight excluding hydrogens is 572 g/mol. The summed E-state index contributed by atoms with van der Waals surface area (Å²) in [6.45, 7) is 10.8. The van der Waals surface area contributed by atoms with Crippen molar-refractivity contribution in [3.05, 3.63) is 93.7 Å². The molecule has 0 saturated carbocycles. The number of benzene rings is 2. The first kappa shape index (κ1) is 32.4. The normalized spacial score (nSPS) is 28.9. The standard InChI is InChI=1S/C36H46N2O5S/c1-25-15-16-30(44-25)31-34(4,32(39)40)26(2)37-27(3)36(31,33(41)42)19-23-43-24-22-38-20-17-35(18-21-38,28-11-7-5-8-12-28)29-13-9-6-10-14-29/h5-16,26-27,31,37H,17-24H2,1-4H3,(H,39,40)(H,41,42). The summed E-state index contributed by atoms with van der Waals surface area (Å²) in [5, 5.41) is 24.6. The maximum Gasteiger partial charge on any atom is 0.312 e. The van der Waals surface area contributed by atoms with Crippen LogP contribution in [0.25, 0.3) is 0 Å². The number of nitrogens with one attached hydrogen (secondary N) is 1. The SMILES string of the molecule is Cc1ccc(C2C(C)(C(=O)O)C(C)NC(C)C2(CCOCCN2CCC(c3ccccc3)(c3ccccc3)CC2)C(=O)O)s1. The highest BCUT2D eigenvalue weighted by molar-refractivity contribution is 7.12. The van der Waals surface area contributed by atoms with Crippen LogP contribution in [0.4, 0.5) is 0 Å². The number of hydrogen-bond acceptors (Lipinski definition) is 6. The monoisotopic (exact) mass is 618 g/mol. The van der Waals surface area contributed by atoms with Crippen LogP contribution in [0.3, 0.4) is 0 Å². The van der Waals surface area contributed by atoms with Gasteiger partial charge in [-0.1, -0.05) is 60.7 Å². The fraction of sp³-hybridized carbons (Fsp3) is 0.500. The van der Waals surface area contributed by atoms with Gasteiger partial charge in [0.2, 0.25) is 0 Å². The van der Waals surface area contributed by atoms with Gasteiger partial charge < -0.3 is 25.2 Å². The highest BCUT2D eigenvalue weighted by Gasteiger charge is 2.65. The summed E-state index contributed by atoms with van der Waals surface area (Å²) in [5.74, 6) is -2.67. The first-order chi connectivity index (χ1) is 21.1. The van der Waals surface area contributed by atoms with Gasteiger partial charge in [0.1, 0.15) is 0 Å². The van der Waals surface area contributed by atoms with E-state index in [0.717, 1.165) is 42.2 Å². The van der Waals surface area contributed by atoms with E-state index in [0.29, 0.717) is 6.61 Å². The van der Waals surface area contributed by atoms with Gasteiger partial charge in [-0.15, -0.1) is 11.3 Å². The molecule has 3 aromatic rings. The highest BCUT2D eigenvalue weighted by Crippen LogP contribution is 2.58. The number of ether oxygens (including phenoxy) is 1. The van der Waals surface area contributed by atoms with E-state index >= 15 is 0 Å². The molecule has 0 bridgehead atoms. The van der Waals surface area contributed by atoms with Gasteiger partial charge in [-0.2, -0.15) is 0 Å². The van der Waals surface area contributed by atoms with Crippen molar-refractivity contribution in [2.45, 2.75) is 70.4 Å². The van der Waals surface area contributed by atoms with Crippen molar-refractivity contribution in [3.63, 3.8) is 0 Å². The van der Waals surface area contributed by atoms with E-state index in [1.807, 2.05) is 32.9 Å². The molecule has 8 heteroatoms. The third-order valence-electron chi connectivity index (χ3n) is 10.8. The number of aryl methyl sites for hydroxylation is 1. The molecule has 2 fully saturated rings. The molecule has 5 rings (SSSR count). The molecule has 44 heavy (non-hydrogen) atoms. The summed E-state index contributed by atoms with van der Waals surface area (Å²) in [5.41, 5.74) is 0.0532. The molecule has 236 valence electrons. The van der Waals surface area contributed by atoms with E-state index in [9.17, 15) is 19.8 Å². The number of rotatable bonds is 11. The zero-order valence-corrected chi connectivity index (χ0v) is 27.1. The molecule has 5 atom stereocenters. The Kier molecular flexibility index (Phi) is 9.66. The van der Waals surface area contributed by atoms with Gasteiger partial charge in [0, 0.05) is 46.3 Å². The molecule has 0 aliphatic carbocycles. The van der Waals surface area contributed by atoms with Crippen LogP contribution in [0.1, 0.15) is 66.8 Å². The van der Waals surface area contributed by atoms with Crippen molar-refractivity contribution in [1.82, 2.24) is 10.2 Å². The number of carboxylic acids is 2. The summed E-state index contributed by atoms with van der Waals surface area (Å²) in [6, 6.07) is 24.6. The lowest BCUT2D eigenvalue weighted by atomic mass is 9.53. The minimum atomic E-state index is -1.34. The van der Waals surface area contributed by atoms with E-state index in [1.54, 1.807) is 6.92 Å². The van der Waals surface area contributed by atoms with Crippen LogP contribution in [0.5, 0.6) is 0 Å². The summed E-state index contributed by atoms with van der Waals surface area (Å²) in [4.78, 5) is 30.3. The van der Waals surface area contributed by atoms with E-state index in [-0.39, 0.29) is 18.4 Å². The van der Waals surface area contributed by atoms with Gasteiger partial charge in [-0.3, -0.25) is 9.59 Å². The van der Waals surface area contributed by atoms with Crippen LogP contribution in [-0.2, 0) is 19.7 Å². The zero-order chi connectivity index (χ0) is 31.5. The lowest BCUT2D eigenvalue weighted by molar-refractivity contribution is -0.172. The number of aliphatic carboxylic acids is 2. The number of piperidine rings is 2. The Morgan fingerprint density at radius 2 is 1.48 bits per heavy atom. The molecule has 0 radical (unpaired) electrons. The molecule has 3 N–H and O–H groups in total. The molecule has 2 aliphatic rings. The largest absolute Gasteiger partial charge is 0.481 e. The summed E-state index contributed by atoms with van der Waals surface area (Å²) >= 11 is 1.49. The predicted molar refractivity (Wildman–Crippen MR) is 174 cm³/mol.